The first-order chi connectivity index (χ1) is 15.9. The van der Waals surface area contributed by atoms with Gasteiger partial charge in [-0.1, -0.05) is 41.9 Å². The Morgan fingerprint density at radius 3 is 2.21 bits per heavy atom. The van der Waals surface area contributed by atoms with Crippen molar-refractivity contribution in [1.29, 1.82) is 0 Å². The number of ether oxygens (including phenoxy) is 1. The standard InChI is InChI=1S/C25H25ClN2O5S/c1-25(2,3)28-34(31,32)20-12-10-19(11-13-20)33-16-23(29)27-22-14-9-18(26)15-21(22)24(30)17-7-5-4-6-8-17/h4-15,28H,16H2,1-3H3,(H,27,29). The molecule has 2 N–H and O–H groups in total. The van der Waals surface area contributed by atoms with Gasteiger partial charge in [0.1, 0.15) is 5.75 Å². The van der Waals surface area contributed by atoms with Crippen LogP contribution >= 0.6 is 11.6 Å². The van der Waals surface area contributed by atoms with Crippen LogP contribution in [0.3, 0.4) is 0 Å². The molecule has 0 heterocycles. The summed E-state index contributed by atoms with van der Waals surface area (Å²) in [4.78, 5) is 25.5. The Kier molecular flexibility index (Phi) is 7.76. The molecule has 0 radical (unpaired) electrons. The maximum absolute atomic E-state index is 12.9. The fourth-order valence-electron chi connectivity index (χ4n) is 3.07. The maximum Gasteiger partial charge on any atom is 0.262 e. The van der Waals surface area contributed by atoms with Gasteiger partial charge in [-0.2, -0.15) is 0 Å². The summed E-state index contributed by atoms with van der Waals surface area (Å²) in [5.41, 5.74) is 0.413. The molecule has 0 spiro atoms. The van der Waals surface area contributed by atoms with Crippen molar-refractivity contribution in [2.45, 2.75) is 31.2 Å². The van der Waals surface area contributed by atoms with Crippen molar-refractivity contribution in [3.63, 3.8) is 0 Å². The smallest absolute Gasteiger partial charge is 0.262 e. The lowest BCUT2D eigenvalue weighted by atomic mass is 10.0. The Labute approximate surface area is 204 Å². The second-order valence-corrected chi connectivity index (χ2v) is 10.7. The number of sulfonamides is 1. The van der Waals surface area contributed by atoms with E-state index in [9.17, 15) is 18.0 Å². The second kappa shape index (κ2) is 10.4. The maximum atomic E-state index is 12.9. The van der Waals surface area contributed by atoms with E-state index in [4.69, 9.17) is 16.3 Å². The predicted octanol–water partition coefficient (Wildman–Crippen LogP) is 4.67. The van der Waals surface area contributed by atoms with Crippen LogP contribution in [-0.2, 0) is 14.8 Å². The Balaban J connectivity index is 1.66. The van der Waals surface area contributed by atoms with E-state index >= 15 is 0 Å². The SMILES string of the molecule is CC(C)(C)NS(=O)(=O)c1ccc(OCC(=O)Nc2ccc(Cl)cc2C(=O)c2ccccc2)cc1. The van der Waals surface area contributed by atoms with Crippen molar-refractivity contribution >= 4 is 39.0 Å². The van der Waals surface area contributed by atoms with Crippen LogP contribution in [-0.4, -0.2) is 32.3 Å². The van der Waals surface area contributed by atoms with Crippen LogP contribution in [0, 0.1) is 0 Å². The third-order valence-corrected chi connectivity index (χ3v) is 6.49. The van der Waals surface area contributed by atoms with Gasteiger partial charge in [0.15, 0.2) is 12.4 Å². The highest BCUT2D eigenvalue weighted by molar-refractivity contribution is 7.89. The van der Waals surface area contributed by atoms with E-state index < -0.39 is 21.5 Å². The Morgan fingerprint density at radius 2 is 1.59 bits per heavy atom. The summed E-state index contributed by atoms with van der Waals surface area (Å²) in [7, 11) is -3.67. The van der Waals surface area contributed by atoms with E-state index in [2.05, 4.69) is 10.0 Å². The summed E-state index contributed by atoms with van der Waals surface area (Å²) in [6.07, 6.45) is 0. The number of nitrogens with one attached hydrogen (secondary N) is 2. The first-order valence-corrected chi connectivity index (χ1v) is 12.3. The van der Waals surface area contributed by atoms with Gasteiger partial charge in [0.25, 0.3) is 5.91 Å². The highest BCUT2D eigenvalue weighted by atomic mass is 35.5. The third kappa shape index (κ3) is 6.90. The molecular weight excluding hydrogens is 476 g/mol. The molecular formula is C25H25ClN2O5S. The molecule has 0 aromatic heterocycles. The van der Waals surface area contributed by atoms with Crippen LogP contribution in [0.25, 0.3) is 0 Å². The minimum atomic E-state index is -3.67. The van der Waals surface area contributed by atoms with Gasteiger partial charge in [0.2, 0.25) is 10.0 Å². The quantitative estimate of drug-likeness (QED) is 0.438. The van der Waals surface area contributed by atoms with E-state index in [0.29, 0.717) is 22.0 Å². The van der Waals surface area contributed by atoms with E-state index in [-0.39, 0.29) is 22.8 Å². The van der Waals surface area contributed by atoms with Gasteiger partial charge in [-0.05, 0) is 63.2 Å². The number of amides is 1. The van der Waals surface area contributed by atoms with Crippen molar-refractivity contribution < 1.29 is 22.7 Å². The van der Waals surface area contributed by atoms with Gasteiger partial charge in [-0.15, -0.1) is 0 Å². The van der Waals surface area contributed by atoms with Gasteiger partial charge in [0, 0.05) is 21.7 Å². The highest BCUT2D eigenvalue weighted by Gasteiger charge is 2.22. The number of carbonyl (C=O) groups is 2. The zero-order valence-electron chi connectivity index (χ0n) is 19.0. The molecule has 3 aromatic rings. The molecule has 0 bridgehead atoms. The lowest BCUT2D eigenvalue weighted by molar-refractivity contribution is -0.118. The topological polar surface area (TPSA) is 102 Å². The van der Waals surface area contributed by atoms with Crippen LogP contribution < -0.4 is 14.8 Å². The minimum absolute atomic E-state index is 0.0875. The molecule has 0 saturated carbocycles. The second-order valence-electron chi connectivity index (χ2n) is 8.55. The summed E-state index contributed by atoms with van der Waals surface area (Å²) in [6, 6.07) is 19.0. The van der Waals surface area contributed by atoms with Crippen LogP contribution in [0.4, 0.5) is 5.69 Å². The molecule has 0 aliphatic heterocycles. The molecule has 178 valence electrons. The summed E-state index contributed by atoms with van der Waals surface area (Å²) in [6.45, 7) is 4.91. The molecule has 3 aromatic carbocycles. The highest BCUT2D eigenvalue weighted by Crippen LogP contribution is 2.24. The van der Waals surface area contributed by atoms with Crippen LogP contribution in [0.5, 0.6) is 5.75 Å². The van der Waals surface area contributed by atoms with E-state index in [1.54, 1.807) is 63.2 Å². The summed E-state index contributed by atoms with van der Waals surface area (Å²) < 4.78 is 32.8. The molecule has 9 heteroatoms. The minimum Gasteiger partial charge on any atom is -0.484 e. The molecule has 1 amide bonds. The van der Waals surface area contributed by atoms with Crippen LogP contribution in [0.2, 0.25) is 5.02 Å². The number of ketones is 1. The summed E-state index contributed by atoms with van der Waals surface area (Å²) >= 11 is 6.07. The lowest BCUT2D eigenvalue weighted by Gasteiger charge is -2.20. The third-order valence-electron chi connectivity index (χ3n) is 4.48. The molecule has 0 fully saturated rings. The monoisotopic (exact) mass is 500 g/mol. The molecule has 0 aliphatic carbocycles. The average molecular weight is 501 g/mol. The Morgan fingerprint density at radius 1 is 0.941 bits per heavy atom. The predicted molar refractivity (Wildman–Crippen MR) is 132 cm³/mol. The van der Waals surface area contributed by atoms with Crippen LogP contribution in [0.15, 0.2) is 77.7 Å². The Hall–Kier alpha value is -3.20. The van der Waals surface area contributed by atoms with Gasteiger partial charge < -0.3 is 10.1 Å². The number of anilines is 1. The van der Waals surface area contributed by atoms with Crippen molar-refractivity contribution in [3.8, 4) is 5.75 Å². The molecule has 0 unspecified atom stereocenters. The number of halogens is 1. The molecule has 7 nitrogen and oxygen atoms in total. The van der Waals surface area contributed by atoms with Crippen molar-refractivity contribution in [2.75, 3.05) is 11.9 Å². The number of benzene rings is 3. The summed E-state index contributed by atoms with van der Waals surface area (Å²) in [5.74, 6) is -0.447. The van der Waals surface area contributed by atoms with Crippen molar-refractivity contribution in [1.82, 2.24) is 4.72 Å². The number of rotatable bonds is 8. The van der Waals surface area contributed by atoms with Gasteiger partial charge in [0.05, 0.1) is 10.6 Å². The Bertz CT molecular complexity index is 1290. The first kappa shape index (κ1) is 25.4. The van der Waals surface area contributed by atoms with Gasteiger partial charge >= 0.3 is 0 Å². The number of carbonyl (C=O) groups excluding carboxylic acids is 2. The van der Waals surface area contributed by atoms with E-state index in [1.807, 2.05) is 0 Å². The molecule has 0 aliphatic rings. The van der Waals surface area contributed by atoms with E-state index in [1.165, 1.54) is 30.3 Å². The molecule has 34 heavy (non-hydrogen) atoms. The zero-order chi connectivity index (χ0) is 24.9. The number of hydrogen-bond donors (Lipinski definition) is 2. The van der Waals surface area contributed by atoms with Gasteiger partial charge in [-0.25, -0.2) is 13.1 Å². The van der Waals surface area contributed by atoms with Crippen LogP contribution in [0.1, 0.15) is 36.7 Å². The average Bonchev–Trinajstić information content (AvgIpc) is 2.78. The first-order valence-electron chi connectivity index (χ1n) is 10.4. The molecule has 0 saturated heterocycles. The summed E-state index contributed by atoms with van der Waals surface area (Å²) in [5, 5.41) is 3.04. The van der Waals surface area contributed by atoms with Crippen molar-refractivity contribution in [2.24, 2.45) is 0 Å². The normalized spacial score (nSPS) is 11.6. The van der Waals surface area contributed by atoms with Gasteiger partial charge in [-0.3, -0.25) is 9.59 Å². The van der Waals surface area contributed by atoms with E-state index in [0.717, 1.165) is 0 Å². The molecule has 3 rings (SSSR count). The zero-order valence-corrected chi connectivity index (χ0v) is 20.5. The number of hydrogen-bond acceptors (Lipinski definition) is 5. The molecule has 0 atom stereocenters. The fraction of sp³-hybridized carbons (Fsp3) is 0.200. The largest absolute Gasteiger partial charge is 0.484 e. The lowest BCUT2D eigenvalue weighted by Crippen LogP contribution is -2.40. The fourth-order valence-corrected chi connectivity index (χ4v) is 4.66. The van der Waals surface area contributed by atoms with Crippen molar-refractivity contribution in [3.05, 3.63) is 88.9 Å².